The molecular formula is C9H4F4N2O. The van der Waals surface area contributed by atoms with Crippen LogP contribution in [-0.2, 0) is 6.18 Å². The van der Waals surface area contributed by atoms with Gasteiger partial charge in [0.1, 0.15) is 5.82 Å². The lowest BCUT2D eigenvalue weighted by Crippen LogP contribution is -2.04. The van der Waals surface area contributed by atoms with Crippen LogP contribution in [0.1, 0.15) is 5.89 Å². The largest absolute Gasteiger partial charge is 0.471 e. The maximum atomic E-state index is 12.6. The monoisotopic (exact) mass is 232 g/mol. The standard InChI is InChI=1S/C9H4F4N2O/c10-6-3-1-5(2-4-6)7-14-8(16-15-7)9(11,12)13/h1-4H. The molecule has 0 saturated carbocycles. The first-order valence-corrected chi connectivity index (χ1v) is 4.13. The molecule has 16 heavy (non-hydrogen) atoms. The Bertz CT molecular complexity index is 489. The summed E-state index contributed by atoms with van der Waals surface area (Å²) in [5.41, 5.74) is 0.251. The van der Waals surface area contributed by atoms with Crippen molar-refractivity contribution in [2.24, 2.45) is 0 Å². The van der Waals surface area contributed by atoms with E-state index in [4.69, 9.17) is 0 Å². The van der Waals surface area contributed by atoms with Crippen molar-refractivity contribution in [1.82, 2.24) is 10.1 Å². The predicted molar refractivity (Wildman–Crippen MR) is 44.7 cm³/mol. The number of benzene rings is 1. The minimum Gasteiger partial charge on any atom is -0.329 e. The molecule has 84 valence electrons. The molecule has 0 bridgehead atoms. The lowest BCUT2D eigenvalue weighted by molar-refractivity contribution is -0.159. The first-order chi connectivity index (χ1) is 7.47. The van der Waals surface area contributed by atoms with Crippen LogP contribution in [0.3, 0.4) is 0 Å². The molecule has 1 heterocycles. The molecule has 0 saturated heterocycles. The van der Waals surface area contributed by atoms with Gasteiger partial charge in [-0.05, 0) is 24.3 Å². The molecule has 0 aliphatic heterocycles. The fraction of sp³-hybridized carbons (Fsp3) is 0.111. The molecule has 0 spiro atoms. The quantitative estimate of drug-likeness (QED) is 0.709. The smallest absolute Gasteiger partial charge is 0.329 e. The van der Waals surface area contributed by atoms with Gasteiger partial charge in [0.2, 0.25) is 5.82 Å². The van der Waals surface area contributed by atoms with Crippen molar-refractivity contribution in [2.75, 3.05) is 0 Å². The van der Waals surface area contributed by atoms with Gasteiger partial charge in [0.25, 0.3) is 0 Å². The molecule has 0 fully saturated rings. The van der Waals surface area contributed by atoms with Gasteiger partial charge in [-0.3, -0.25) is 0 Å². The number of hydrogen-bond acceptors (Lipinski definition) is 3. The number of rotatable bonds is 1. The minimum absolute atomic E-state index is 0.229. The van der Waals surface area contributed by atoms with Gasteiger partial charge >= 0.3 is 12.1 Å². The third-order valence-electron chi connectivity index (χ3n) is 1.77. The molecule has 0 unspecified atom stereocenters. The first-order valence-electron chi connectivity index (χ1n) is 4.13. The van der Waals surface area contributed by atoms with E-state index in [0.717, 1.165) is 12.1 Å². The van der Waals surface area contributed by atoms with Gasteiger partial charge in [0.15, 0.2) is 0 Å². The van der Waals surface area contributed by atoms with Crippen LogP contribution in [0.2, 0.25) is 0 Å². The summed E-state index contributed by atoms with van der Waals surface area (Å²) in [7, 11) is 0. The van der Waals surface area contributed by atoms with Crippen LogP contribution in [0.5, 0.6) is 0 Å². The van der Waals surface area contributed by atoms with Crippen LogP contribution in [0, 0.1) is 5.82 Å². The summed E-state index contributed by atoms with van der Waals surface area (Å²) >= 11 is 0. The zero-order chi connectivity index (χ0) is 11.8. The molecular weight excluding hydrogens is 228 g/mol. The summed E-state index contributed by atoms with van der Waals surface area (Å²) in [5.74, 6) is -2.15. The van der Waals surface area contributed by atoms with Crippen LogP contribution < -0.4 is 0 Å². The Morgan fingerprint density at radius 1 is 1.06 bits per heavy atom. The molecule has 0 radical (unpaired) electrons. The highest BCUT2D eigenvalue weighted by molar-refractivity contribution is 5.53. The van der Waals surface area contributed by atoms with Crippen molar-refractivity contribution in [3.8, 4) is 11.4 Å². The van der Waals surface area contributed by atoms with E-state index >= 15 is 0 Å². The molecule has 1 aromatic heterocycles. The summed E-state index contributed by atoms with van der Waals surface area (Å²) in [6.07, 6.45) is -4.68. The Hall–Kier alpha value is -1.92. The molecule has 0 amide bonds. The summed E-state index contributed by atoms with van der Waals surface area (Å²) < 4.78 is 53.0. The van der Waals surface area contributed by atoms with Crippen molar-refractivity contribution in [3.63, 3.8) is 0 Å². The number of hydrogen-bond donors (Lipinski definition) is 0. The summed E-state index contributed by atoms with van der Waals surface area (Å²) in [6.45, 7) is 0. The van der Waals surface area contributed by atoms with Crippen molar-refractivity contribution in [3.05, 3.63) is 36.0 Å². The molecule has 0 atom stereocenters. The van der Waals surface area contributed by atoms with Gasteiger partial charge in [-0.1, -0.05) is 5.16 Å². The van der Waals surface area contributed by atoms with Gasteiger partial charge in [-0.25, -0.2) is 4.39 Å². The number of halogens is 4. The van der Waals surface area contributed by atoms with Gasteiger partial charge in [0.05, 0.1) is 0 Å². The highest BCUT2D eigenvalue weighted by atomic mass is 19.4. The van der Waals surface area contributed by atoms with Crippen LogP contribution in [0.4, 0.5) is 17.6 Å². The van der Waals surface area contributed by atoms with Gasteiger partial charge in [-0.2, -0.15) is 18.2 Å². The topological polar surface area (TPSA) is 38.9 Å². The maximum Gasteiger partial charge on any atom is 0.471 e. The molecule has 2 rings (SSSR count). The second kappa shape index (κ2) is 3.58. The maximum absolute atomic E-state index is 12.6. The van der Waals surface area contributed by atoms with E-state index in [1.165, 1.54) is 12.1 Å². The van der Waals surface area contributed by atoms with Crippen molar-refractivity contribution < 1.29 is 22.1 Å². The Balaban J connectivity index is 2.35. The number of nitrogens with zero attached hydrogens (tertiary/aromatic N) is 2. The Labute approximate surface area is 86.7 Å². The van der Waals surface area contributed by atoms with E-state index in [1.54, 1.807) is 0 Å². The normalized spacial score (nSPS) is 11.8. The molecule has 3 nitrogen and oxygen atoms in total. The van der Waals surface area contributed by atoms with Crippen LogP contribution in [-0.4, -0.2) is 10.1 Å². The van der Waals surface area contributed by atoms with Gasteiger partial charge < -0.3 is 4.52 Å². The van der Waals surface area contributed by atoms with Crippen LogP contribution >= 0.6 is 0 Å². The minimum atomic E-state index is -4.68. The predicted octanol–water partition coefficient (Wildman–Crippen LogP) is 2.89. The third kappa shape index (κ3) is 2.02. The van der Waals surface area contributed by atoms with Crippen molar-refractivity contribution >= 4 is 0 Å². The van der Waals surface area contributed by atoms with Crippen molar-refractivity contribution in [1.29, 1.82) is 0 Å². The van der Waals surface area contributed by atoms with Crippen LogP contribution in [0.25, 0.3) is 11.4 Å². The SMILES string of the molecule is Fc1ccc(-c2noc(C(F)(F)F)n2)cc1. The molecule has 0 aliphatic rings. The van der Waals surface area contributed by atoms with Gasteiger partial charge in [0, 0.05) is 5.56 Å². The second-order valence-corrected chi connectivity index (χ2v) is 2.93. The van der Waals surface area contributed by atoms with E-state index in [0.29, 0.717) is 0 Å². The fourth-order valence-electron chi connectivity index (χ4n) is 1.05. The summed E-state index contributed by atoms with van der Waals surface area (Å²) in [5, 5.41) is 3.15. The van der Waals surface area contributed by atoms with Crippen LogP contribution in [0.15, 0.2) is 28.8 Å². The van der Waals surface area contributed by atoms with Gasteiger partial charge in [-0.15, -0.1) is 0 Å². The highest BCUT2D eigenvalue weighted by Crippen LogP contribution is 2.29. The van der Waals surface area contributed by atoms with E-state index in [-0.39, 0.29) is 11.4 Å². The lowest BCUT2D eigenvalue weighted by atomic mass is 10.2. The van der Waals surface area contributed by atoms with E-state index in [1.807, 2.05) is 0 Å². The second-order valence-electron chi connectivity index (χ2n) is 2.93. The highest BCUT2D eigenvalue weighted by Gasteiger charge is 2.38. The van der Waals surface area contributed by atoms with Crippen molar-refractivity contribution in [2.45, 2.75) is 6.18 Å². The Kier molecular flexibility index (Phi) is 2.37. The zero-order valence-electron chi connectivity index (χ0n) is 7.62. The number of alkyl halides is 3. The average Bonchev–Trinajstić information content (AvgIpc) is 2.67. The zero-order valence-corrected chi connectivity index (χ0v) is 7.62. The Morgan fingerprint density at radius 3 is 2.19 bits per heavy atom. The molecule has 2 aromatic rings. The van der Waals surface area contributed by atoms with E-state index in [2.05, 4.69) is 14.7 Å². The average molecular weight is 232 g/mol. The lowest BCUT2D eigenvalue weighted by Gasteiger charge is -1.96. The van der Waals surface area contributed by atoms with E-state index < -0.39 is 17.9 Å². The third-order valence-corrected chi connectivity index (χ3v) is 1.77. The Morgan fingerprint density at radius 2 is 1.69 bits per heavy atom. The molecule has 7 heteroatoms. The summed E-state index contributed by atoms with van der Waals surface area (Å²) in [4.78, 5) is 3.16. The summed E-state index contributed by atoms with van der Waals surface area (Å²) in [6, 6.07) is 4.72. The fourth-order valence-corrected chi connectivity index (χ4v) is 1.05. The molecule has 0 aliphatic carbocycles. The molecule has 1 aromatic carbocycles. The number of aromatic nitrogens is 2. The first kappa shape index (κ1) is 10.6. The van der Waals surface area contributed by atoms with E-state index in [9.17, 15) is 17.6 Å². The molecule has 0 N–H and O–H groups in total.